The highest BCUT2D eigenvalue weighted by molar-refractivity contribution is 7.92. The van der Waals surface area contributed by atoms with E-state index in [0.717, 1.165) is 31.9 Å². The van der Waals surface area contributed by atoms with Crippen LogP contribution in [0.2, 0.25) is 10.0 Å². The minimum atomic E-state index is -6.25. The molecule has 0 saturated carbocycles. The molecule has 3 aromatic carbocycles. The number of pyridine rings is 1. The van der Waals surface area contributed by atoms with E-state index >= 15 is 4.39 Å². The zero-order valence-corrected chi connectivity index (χ0v) is 38.5. The molecular weight excluding hydrogens is 938 g/mol. The number of hydrogen-bond acceptors (Lipinski definition) is 12. The highest BCUT2D eigenvalue weighted by Crippen LogP contribution is 2.44. The number of alkyl halides is 4. The molecular formula is C44H47Cl2F4N5O8S2. The number of nitrogens with two attached hydrogens (primary N) is 1. The van der Waals surface area contributed by atoms with Crippen LogP contribution in [0.25, 0.3) is 5.57 Å². The summed E-state index contributed by atoms with van der Waals surface area (Å²) >= 11 is 12.4. The molecule has 0 radical (unpaired) electrons. The number of amides is 1. The van der Waals surface area contributed by atoms with E-state index in [4.69, 9.17) is 43.1 Å². The lowest BCUT2D eigenvalue weighted by Gasteiger charge is -2.39. The molecule has 350 valence electrons. The van der Waals surface area contributed by atoms with Gasteiger partial charge in [-0.1, -0.05) is 54.8 Å². The number of nitrogen functional groups attached to an aromatic ring is 1. The average molecular weight is 985 g/mol. The quantitative estimate of drug-likeness (QED) is 0.122. The first kappa shape index (κ1) is 48.3. The highest BCUT2D eigenvalue weighted by Gasteiger charge is 2.49. The van der Waals surface area contributed by atoms with Crippen LogP contribution in [0.15, 0.2) is 88.3 Å². The first-order chi connectivity index (χ1) is 30.5. The molecule has 1 amide bonds. The predicted octanol–water partition coefficient (Wildman–Crippen LogP) is 8.86. The number of nitrogens with zero attached hydrogens (tertiary/aromatic N) is 3. The number of nitrogens with one attached hydrogen (secondary N) is 1. The van der Waals surface area contributed by atoms with Gasteiger partial charge in [0.25, 0.3) is 25.8 Å². The third-order valence-corrected chi connectivity index (χ3v) is 15.1. The number of carbonyl (C=O) groups excluding carboxylic acids is 1. The van der Waals surface area contributed by atoms with Crippen LogP contribution in [-0.4, -0.2) is 96.3 Å². The molecule has 65 heavy (non-hydrogen) atoms. The Labute approximate surface area is 384 Å². The Bertz CT molecular complexity index is 2690. The molecule has 2 saturated heterocycles. The molecule has 2 fully saturated rings. The van der Waals surface area contributed by atoms with Crippen LogP contribution in [0.4, 0.5) is 29.1 Å². The van der Waals surface area contributed by atoms with Gasteiger partial charge < -0.3 is 24.8 Å². The van der Waals surface area contributed by atoms with Crippen molar-refractivity contribution in [2.45, 2.75) is 66.9 Å². The van der Waals surface area contributed by atoms with Gasteiger partial charge in [-0.25, -0.2) is 30.9 Å². The number of allylic oxidation sites excluding steroid dienone is 1. The highest BCUT2D eigenvalue weighted by atomic mass is 35.5. The molecule has 4 aromatic rings. The molecule has 0 unspecified atom stereocenters. The van der Waals surface area contributed by atoms with Crippen molar-refractivity contribution < 1.29 is 53.4 Å². The maximum absolute atomic E-state index is 15.3. The van der Waals surface area contributed by atoms with Gasteiger partial charge in [-0.2, -0.15) is 13.2 Å². The Hall–Kier alpha value is -4.66. The first-order valence-corrected chi connectivity index (χ1v) is 24.3. The molecule has 0 spiro atoms. The number of ether oxygens (including phenoxy) is 3. The normalized spacial score (nSPS) is 18.3. The van der Waals surface area contributed by atoms with Crippen LogP contribution >= 0.6 is 23.2 Å². The molecule has 7 rings (SSSR count). The second-order valence-corrected chi connectivity index (χ2v) is 21.5. The zero-order chi connectivity index (χ0) is 47.0. The molecule has 3 heterocycles. The summed E-state index contributed by atoms with van der Waals surface area (Å²) in [5.74, 6) is -2.31. The monoisotopic (exact) mass is 983 g/mol. The van der Waals surface area contributed by atoms with Gasteiger partial charge in [-0.15, -0.1) is 0 Å². The van der Waals surface area contributed by atoms with E-state index in [1.165, 1.54) is 41.1 Å². The number of hydrogen-bond donors (Lipinski definition) is 2. The second-order valence-electron chi connectivity index (χ2n) is 17.1. The van der Waals surface area contributed by atoms with Crippen molar-refractivity contribution in [1.29, 1.82) is 0 Å². The SMILES string of the molecule is CC1(C)CCC(CN2CCN(c3ccc(C(=O)NS(=O)(=O)c4ccc(OCC5(F)CCOCC5)c(S(=O)(=O)C(F)(F)F)c4)c(Oc4cnc(N)c(Cl)c4)c3)CC2)=C(c2ccc(Cl)cc2)C1. The number of carbonyl (C=O) groups is 1. The van der Waals surface area contributed by atoms with Gasteiger partial charge in [0.2, 0.25) is 0 Å². The number of aromatic nitrogens is 1. The van der Waals surface area contributed by atoms with Crippen molar-refractivity contribution in [1.82, 2.24) is 14.6 Å². The summed E-state index contributed by atoms with van der Waals surface area (Å²) in [6.07, 6.45) is 3.90. The van der Waals surface area contributed by atoms with Crippen LogP contribution < -0.4 is 24.8 Å². The topological polar surface area (TPSA) is 170 Å². The van der Waals surface area contributed by atoms with Crippen molar-refractivity contribution >= 4 is 66.0 Å². The molecule has 0 atom stereocenters. The fourth-order valence-corrected chi connectivity index (χ4v) is 10.2. The molecule has 2 aliphatic heterocycles. The maximum atomic E-state index is 15.3. The van der Waals surface area contributed by atoms with Crippen molar-refractivity contribution in [3.05, 3.63) is 99.7 Å². The molecule has 1 aromatic heterocycles. The van der Waals surface area contributed by atoms with E-state index in [0.29, 0.717) is 43.0 Å². The molecule has 21 heteroatoms. The fourth-order valence-electron chi connectivity index (χ4n) is 7.93. The summed E-state index contributed by atoms with van der Waals surface area (Å²) < 4.78 is 128. The summed E-state index contributed by atoms with van der Waals surface area (Å²) in [5.41, 5.74) is 2.21. The van der Waals surface area contributed by atoms with Gasteiger partial charge in [-0.3, -0.25) is 9.69 Å². The fraction of sp³-hybridized carbons (Fsp3) is 0.409. The summed E-state index contributed by atoms with van der Waals surface area (Å²) in [5, 5.41) is 0.712. The predicted molar refractivity (Wildman–Crippen MR) is 239 cm³/mol. The van der Waals surface area contributed by atoms with E-state index in [-0.39, 0.29) is 65.4 Å². The van der Waals surface area contributed by atoms with Crippen molar-refractivity contribution in [2.24, 2.45) is 5.41 Å². The van der Waals surface area contributed by atoms with Gasteiger partial charge in [0.1, 0.15) is 40.2 Å². The smallest absolute Gasteiger partial charge is 0.489 e. The van der Waals surface area contributed by atoms with Crippen LogP contribution in [0.3, 0.4) is 0 Å². The number of halogens is 6. The van der Waals surface area contributed by atoms with Crippen LogP contribution in [0, 0.1) is 5.41 Å². The summed E-state index contributed by atoms with van der Waals surface area (Å²) in [6, 6.07) is 15.3. The number of sulfonamides is 1. The van der Waals surface area contributed by atoms with Crippen LogP contribution in [0.1, 0.15) is 61.9 Å². The lowest BCUT2D eigenvalue weighted by Crippen LogP contribution is -2.47. The Morgan fingerprint density at radius 3 is 2.28 bits per heavy atom. The Balaban J connectivity index is 1.12. The molecule has 3 aliphatic rings. The Kier molecular flexibility index (Phi) is 14.0. The van der Waals surface area contributed by atoms with E-state index < -0.39 is 59.1 Å². The largest absolute Gasteiger partial charge is 0.502 e. The van der Waals surface area contributed by atoms with Gasteiger partial charge >= 0.3 is 5.51 Å². The molecule has 3 N–H and O–H groups in total. The summed E-state index contributed by atoms with van der Waals surface area (Å²) in [7, 11) is -11.3. The lowest BCUT2D eigenvalue weighted by atomic mass is 9.72. The standard InChI is InChI=1S/C44H47Cl2F4N5O8S2/c1-42(2)12-11-29(35(24-42)28-3-5-30(45)6-4-28)26-54-15-17-55(18-16-54)31-7-9-34(38(21-31)63-32-22-36(46)40(51)52-25-32)41(56)53-65(59,60)33-8-10-37(39(23-33)64(57,58)44(48,49)50)62-27-43(47)13-19-61-20-14-43/h3-10,21-23,25H,11-20,24,26-27H2,1-2H3,(H2,51,52)(H,53,56). The number of anilines is 2. The Morgan fingerprint density at radius 1 is 0.923 bits per heavy atom. The number of sulfone groups is 1. The van der Waals surface area contributed by atoms with Crippen molar-refractivity contribution in [3.63, 3.8) is 0 Å². The third-order valence-electron chi connectivity index (χ3n) is 11.7. The van der Waals surface area contributed by atoms with Crippen LogP contribution in [0.5, 0.6) is 17.2 Å². The molecule has 13 nitrogen and oxygen atoms in total. The van der Waals surface area contributed by atoms with E-state index in [9.17, 15) is 34.8 Å². The average Bonchev–Trinajstić information content (AvgIpc) is 3.25. The first-order valence-electron chi connectivity index (χ1n) is 20.6. The number of benzene rings is 3. The van der Waals surface area contributed by atoms with Gasteiger partial charge in [0.05, 0.1) is 21.7 Å². The van der Waals surface area contributed by atoms with Gasteiger partial charge in [0.15, 0.2) is 0 Å². The van der Waals surface area contributed by atoms with Crippen molar-refractivity contribution in [3.8, 4) is 17.2 Å². The molecule has 1 aliphatic carbocycles. The third kappa shape index (κ3) is 11.3. The Morgan fingerprint density at radius 2 is 1.62 bits per heavy atom. The van der Waals surface area contributed by atoms with E-state index in [2.05, 4.69) is 40.8 Å². The van der Waals surface area contributed by atoms with Crippen LogP contribution in [-0.2, 0) is 24.6 Å². The zero-order valence-electron chi connectivity index (χ0n) is 35.4. The van der Waals surface area contributed by atoms with Gasteiger partial charge in [-0.05, 0) is 78.3 Å². The summed E-state index contributed by atoms with van der Waals surface area (Å²) in [6.45, 7) is 7.13. The lowest BCUT2D eigenvalue weighted by molar-refractivity contribution is -0.0441. The summed E-state index contributed by atoms with van der Waals surface area (Å²) in [4.78, 5) is 19.7. The minimum absolute atomic E-state index is 0.00111. The number of rotatable bonds is 13. The van der Waals surface area contributed by atoms with Crippen molar-refractivity contribution in [2.75, 3.05) is 63.2 Å². The minimum Gasteiger partial charge on any atom is -0.489 e. The number of piperazine rings is 1. The molecule has 0 bridgehead atoms. The van der Waals surface area contributed by atoms with E-state index in [1.54, 1.807) is 10.8 Å². The second kappa shape index (κ2) is 18.9. The van der Waals surface area contributed by atoms with Gasteiger partial charge in [0, 0.05) is 81.6 Å². The van der Waals surface area contributed by atoms with E-state index in [1.807, 2.05) is 12.1 Å². The maximum Gasteiger partial charge on any atom is 0.502 e.